The van der Waals surface area contributed by atoms with Crippen molar-refractivity contribution in [1.82, 2.24) is 0 Å². The van der Waals surface area contributed by atoms with Crippen LogP contribution in [-0.2, 0) is 15.9 Å². The van der Waals surface area contributed by atoms with E-state index in [1.54, 1.807) is 24.3 Å². The third-order valence-corrected chi connectivity index (χ3v) is 5.94. The summed E-state index contributed by atoms with van der Waals surface area (Å²) in [6.07, 6.45) is 7.35. The molecule has 4 rings (SSSR count). The molecule has 0 radical (unpaired) electrons. The molecule has 3 aromatic rings. The topological polar surface area (TPSA) is 18.5 Å². The van der Waals surface area contributed by atoms with Crippen LogP contribution in [0.15, 0.2) is 60.7 Å². The van der Waals surface area contributed by atoms with E-state index in [0.29, 0.717) is 48.3 Å². The number of aryl methyl sites for hydroxylation is 1. The second-order valence-corrected chi connectivity index (χ2v) is 8.54. The van der Waals surface area contributed by atoms with Gasteiger partial charge < -0.3 is 9.47 Å². The zero-order chi connectivity index (χ0) is 23.9. The van der Waals surface area contributed by atoms with Crippen molar-refractivity contribution in [3.05, 3.63) is 94.8 Å². The van der Waals surface area contributed by atoms with Gasteiger partial charge in [-0.25, -0.2) is 13.2 Å². The van der Waals surface area contributed by atoms with E-state index in [-0.39, 0.29) is 11.9 Å². The van der Waals surface area contributed by atoms with Crippen molar-refractivity contribution >= 4 is 10.8 Å². The van der Waals surface area contributed by atoms with Gasteiger partial charge in [0.1, 0.15) is 5.82 Å². The number of halogens is 3. The first-order valence-corrected chi connectivity index (χ1v) is 11.6. The van der Waals surface area contributed by atoms with Crippen molar-refractivity contribution in [1.29, 1.82) is 0 Å². The highest BCUT2D eigenvalue weighted by Crippen LogP contribution is 2.21. The van der Waals surface area contributed by atoms with E-state index in [4.69, 9.17) is 9.47 Å². The average molecular weight is 465 g/mol. The van der Waals surface area contributed by atoms with Gasteiger partial charge in [0.2, 0.25) is 0 Å². The Hall–Kier alpha value is -3.07. The van der Waals surface area contributed by atoms with Gasteiger partial charge in [-0.15, -0.1) is 0 Å². The quantitative estimate of drug-likeness (QED) is 0.291. The SMILES string of the molecule is C/C=C/CCC1COC(CCc2ccc(C#Cc3ccc4cc(F)c(F)cc4c3)c(F)c2)OC1. The number of ether oxygens (including phenoxy) is 2. The van der Waals surface area contributed by atoms with Crippen LogP contribution in [0.4, 0.5) is 13.2 Å². The molecule has 0 amide bonds. The molecule has 0 bridgehead atoms. The second kappa shape index (κ2) is 11.4. The molecule has 1 saturated heterocycles. The normalized spacial score (nSPS) is 18.2. The molecule has 0 unspecified atom stereocenters. The fraction of sp³-hybridized carbons (Fsp3) is 0.310. The number of allylic oxidation sites excluding steroid dienone is 2. The van der Waals surface area contributed by atoms with Gasteiger partial charge in [-0.05, 0) is 78.9 Å². The lowest BCUT2D eigenvalue weighted by atomic mass is 10.0. The average Bonchev–Trinajstić information content (AvgIpc) is 2.84. The molecule has 3 aromatic carbocycles. The van der Waals surface area contributed by atoms with Crippen LogP contribution < -0.4 is 0 Å². The third kappa shape index (κ3) is 6.28. The fourth-order valence-corrected chi connectivity index (χ4v) is 3.97. The molecule has 0 aliphatic carbocycles. The first-order valence-electron chi connectivity index (χ1n) is 11.6. The van der Waals surface area contributed by atoms with Crippen LogP contribution in [0.5, 0.6) is 0 Å². The highest BCUT2D eigenvalue weighted by Gasteiger charge is 2.21. The highest BCUT2D eigenvalue weighted by atomic mass is 19.2. The molecule has 1 aliphatic heterocycles. The zero-order valence-corrected chi connectivity index (χ0v) is 19.1. The van der Waals surface area contributed by atoms with Crippen molar-refractivity contribution in [2.45, 2.75) is 38.9 Å². The van der Waals surface area contributed by atoms with Gasteiger partial charge in [-0.2, -0.15) is 0 Å². The van der Waals surface area contributed by atoms with Crippen LogP contribution in [0, 0.1) is 35.2 Å². The Morgan fingerprint density at radius 1 is 0.853 bits per heavy atom. The molecule has 1 fully saturated rings. The van der Waals surface area contributed by atoms with E-state index >= 15 is 0 Å². The van der Waals surface area contributed by atoms with E-state index in [1.165, 1.54) is 6.07 Å². The van der Waals surface area contributed by atoms with Gasteiger partial charge in [0.25, 0.3) is 0 Å². The minimum absolute atomic E-state index is 0.258. The maximum Gasteiger partial charge on any atom is 0.159 e. The minimum Gasteiger partial charge on any atom is -0.352 e. The van der Waals surface area contributed by atoms with Crippen LogP contribution in [0.2, 0.25) is 0 Å². The van der Waals surface area contributed by atoms with Crippen LogP contribution in [0.1, 0.15) is 42.9 Å². The molecular weight excluding hydrogens is 437 g/mol. The van der Waals surface area contributed by atoms with E-state index in [0.717, 1.165) is 30.5 Å². The van der Waals surface area contributed by atoms with Gasteiger partial charge >= 0.3 is 0 Å². The van der Waals surface area contributed by atoms with Crippen molar-refractivity contribution in [2.24, 2.45) is 5.92 Å². The molecule has 0 saturated carbocycles. The summed E-state index contributed by atoms with van der Waals surface area (Å²) in [5.74, 6) is 3.96. The number of fused-ring (bicyclic) bond motifs is 1. The summed E-state index contributed by atoms with van der Waals surface area (Å²) >= 11 is 0. The highest BCUT2D eigenvalue weighted by molar-refractivity contribution is 5.84. The molecule has 5 heteroatoms. The summed E-state index contributed by atoms with van der Waals surface area (Å²) in [5.41, 5.74) is 1.73. The predicted molar refractivity (Wildman–Crippen MR) is 128 cm³/mol. The molecule has 0 spiro atoms. The molecule has 0 N–H and O–H groups in total. The Kier molecular flexibility index (Phi) is 8.05. The Morgan fingerprint density at radius 2 is 1.62 bits per heavy atom. The smallest absolute Gasteiger partial charge is 0.159 e. The molecule has 176 valence electrons. The monoisotopic (exact) mass is 464 g/mol. The number of rotatable bonds is 6. The summed E-state index contributed by atoms with van der Waals surface area (Å²) in [6, 6.07) is 12.3. The number of benzene rings is 3. The lowest BCUT2D eigenvalue weighted by Crippen LogP contribution is -2.32. The fourth-order valence-electron chi connectivity index (χ4n) is 3.97. The summed E-state index contributed by atoms with van der Waals surface area (Å²) < 4.78 is 53.1. The molecule has 0 aromatic heterocycles. The Labute approximate surface area is 198 Å². The number of hydrogen-bond donors (Lipinski definition) is 0. The van der Waals surface area contributed by atoms with Crippen molar-refractivity contribution in [3.8, 4) is 11.8 Å². The maximum absolute atomic E-state index is 14.6. The van der Waals surface area contributed by atoms with E-state index in [9.17, 15) is 13.2 Å². The van der Waals surface area contributed by atoms with E-state index in [2.05, 4.69) is 24.0 Å². The van der Waals surface area contributed by atoms with Crippen molar-refractivity contribution in [3.63, 3.8) is 0 Å². The third-order valence-electron chi connectivity index (χ3n) is 5.94. The van der Waals surface area contributed by atoms with Gasteiger partial charge in [0.15, 0.2) is 17.9 Å². The van der Waals surface area contributed by atoms with Crippen LogP contribution in [0.25, 0.3) is 10.8 Å². The Bertz CT molecular complexity index is 1230. The first kappa shape index (κ1) is 24.1. The van der Waals surface area contributed by atoms with Gasteiger partial charge in [-0.3, -0.25) is 0 Å². The lowest BCUT2D eigenvalue weighted by Gasteiger charge is -2.29. The summed E-state index contributed by atoms with van der Waals surface area (Å²) in [6.45, 7) is 3.41. The zero-order valence-electron chi connectivity index (χ0n) is 19.1. The minimum atomic E-state index is -0.910. The summed E-state index contributed by atoms with van der Waals surface area (Å²) in [7, 11) is 0. The molecule has 34 heavy (non-hydrogen) atoms. The second-order valence-electron chi connectivity index (χ2n) is 8.54. The largest absolute Gasteiger partial charge is 0.352 e. The molecule has 0 atom stereocenters. The van der Waals surface area contributed by atoms with E-state index in [1.807, 2.05) is 13.0 Å². The van der Waals surface area contributed by atoms with E-state index < -0.39 is 17.5 Å². The Balaban J connectivity index is 1.33. The van der Waals surface area contributed by atoms with Crippen LogP contribution in [0.3, 0.4) is 0 Å². The van der Waals surface area contributed by atoms with Gasteiger partial charge in [0.05, 0.1) is 18.8 Å². The van der Waals surface area contributed by atoms with Gasteiger partial charge in [-0.1, -0.05) is 36.1 Å². The number of hydrogen-bond acceptors (Lipinski definition) is 2. The summed E-state index contributed by atoms with van der Waals surface area (Å²) in [4.78, 5) is 0. The Morgan fingerprint density at radius 3 is 2.35 bits per heavy atom. The lowest BCUT2D eigenvalue weighted by molar-refractivity contribution is -0.203. The van der Waals surface area contributed by atoms with Gasteiger partial charge in [0, 0.05) is 17.9 Å². The molecule has 1 aliphatic rings. The molecule has 1 heterocycles. The van der Waals surface area contributed by atoms with Crippen molar-refractivity contribution in [2.75, 3.05) is 13.2 Å². The maximum atomic E-state index is 14.6. The standard InChI is InChI=1S/C29H27F3O2/c1-2-3-4-5-22-18-33-29(34-19-22)13-9-21-7-11-23(26(30)15-21)10-6-20-8-12-24-16-27(31)28(32)17-25(24)14-20/h2-3,7-8,11-12,14-17,22,29H,4-5,9,13,18-19H2,1H3/b3-2+. The molecule has 2 nitrogen and oxygen atoms in total. The van der Waals surface area contributed by atoms with Crippen LogP contribution >= 0.6 is 0 Å². The summed E-state index contributed by atoms with van der Waals surface area (Å²) in [5, 5.41) is 1.12. The predicted octanol–water partition coefficient (Wildman–Crippen LogP) is 6.93. The van der Waals surface area contributed by atoms with Crippen molar-refractivity contribution < 1.29 is 22.6 Å². The molecular formula is C29H27F3O2. The van der Waals surface area contributed by atoms with Crippen LogP contribution in [-0.4, -0.2) is 19.5 Å². The first-order chi connectivity index (χ1) is 16.5.